The van der Waals surface area contributed by atoms with E-state index < -0.39 is 0 Å². The molecule has 128 valence electrons. The lowest BCUT2D eigenvalue weighted by Gasteiger charge is -2.28. The van der Waals surface area contributed by atoms with E-state index in [0.29, 0.717) is 0 Å². The second kappa shape index (κ2) is 7.16. The first-order valence-electron chi connectivity index (χ1n) is 9.43. The Hall–Kier alpha value is -1.16. The second-order valence-corrected chi connectivity index (χ2v) is 7.39. The fraction of sp³-hybridized carbons (Fsp3) is 0.789. The molecule has 2 amide bonds. The van der Waals surface area contributed by atoms with Gasteiger partial charge in [0.15, 0.2) is 0 Å². The van der Waals surface area contributed by atoms with E-state index in [9.17, 15) is 9.59 Å². The fourth-order valence-electron chi connectivity index (χ4n) is 4.28. The quantitative estimate of drug-likeness (QED) is 0.392. The van der Waals surface area contributed by atoms with Crippen molar-refractivity contribution in [3.05, 3.63) is 12.2 Å². The summed E-state index contributed by atoms with van der Waals surface area (Å²) < 4.78 is 0. The van der Waals surface area contributed by atoms with E-state index >= 15 is 0 Å². The van der Waals surface area contributed by atoms with Crippen molar-refractivity contribution < 1.29 is 9.59 Å². The van der Waals surface area contributed by atoms with Crippen molar-refractivity contribution >= 4 is 11.8 Å². The summed E-state index contributed by atoms with van der Waals surface area (Å²) in [4.78, 5) is 30.1. The lowest BCUT2D eigenvalue weighted by molar-refractivity contribution is -0.143. The van der Waals surface area contributed by atoms with Gasteiger partial charge in [-0.15, -0.1) is 0 Å². The van der Waals surface area contributed by atoms with Crippen molar-refractivity contribution in [2.24, 2.45) is 17.8 Å². The third-order valence-electron chi connectivity index (χ3n) is 5.63. The van der Waals surface area contributed by atoms with Gasteiger partial charge in [0.2, 0.25) is 11.8 Å². The molecule has 0 saturated carbocycles. The number of amides is 2. The first-order chi connectivity index (χ1) is 11.2. The maximum absolute atomic E-state index is 13.1. The monoisotopic (exact) mass is 318 g/mol. The first kappa shape index (κ1) is 16.7. The number of nitrogens with zero attached hydrogens (tertiary/aromatic N) is 2. The summed E-state index contributed by atoms with van der Waals surface area (Å²) in [6.45, 7) is 7.53. The highest BCUT2D eigenvalue weighted by molar-refractivity contribution is 6.06. The van der Waals surface area contributed by atoms with Gasteiger partial charge in [0.05, 0.1) is 11.8 Å². The van der Waals surface area contributed by atoms with Gasteiger partial charge in [-0.25, -0.2) is 0 Å². The third kappa shape index (κ3) is 3.37. The molecule has 2 saturated heterocycles. The Bertz CT molecular complexity index is 484. The number of carbonyl (C=O) groups is 2. The van der Waals surface area contributed by atoms with Crippen LogP contribution in [0.2, 0.25) is 0 Å². The van der Waals surface area contributed by atoms with Gasteiger partial charge in [-0.1, -0.05) is 45.3 Å². The zero-order valence-corrected chi connectivity index (χ0v) is 14.5. The van der Waals surface area contributed by atoms with Crippen LogP contribution in [-0.4, -0.2) is 47.3 Å². The second-order valence-electron chi connectivity index (χ2n) is 7.39. The van der Waals surface area contributed by atoms with Crippen molar-refractivity contribution in [3.63, 3.8) is 0 Å². The lowest BCUT2D eigenvalue weighted by Crippen LogP contribution is -2.41. The molecule has 0 spiro atoms. The van der Waals surface area contributed by atoms with Crippen LogP contribution >= 0.6 is 0 Å². The lowest BCUT2D eigenvalue weighted by atomic mass is 9.77. The van der Waals surface area contributed by atoms with E-state index in [1.807, 2.05) is 0 Å². The molecular formula is C19H30N2O2. The Morgan fingerprint density at radius 3 is 2.57 bits per heavy atom. The number of carbonyl (C=O) groups excluding carboxylic acids is 2. The first-order valence-corrected chi connectivity index (χ1v) is 9.43. The highest BCUT2D eigenvalue weighted by atomic mass is 16.2. The minimum atomic E-state index is -0.103. The number of hydrogen-bond donors (Lipinski definition) is 0. The Labute approximate surface area is 139 Å². The maximum Gasteiger partial charge on any atom is 0.234 e. The molecular weight excluding hydrogens is 288 g/mol. The summed E-state index contributed by atoms with van der Waals surface area (Å²) in [5.41, 5.74) is 0. The SMILES string of the molecule is CCCCC(CCC)N1C(=O)C2CC=CC(CN3CC3)C2C1=O. The Balaban J connectivity index is 1.77. The molecule has 4 atom stereocenters. The minimum Gasteiger partial charge on any atom is -0.300 e. The zero-order valence-electron chi connectivity index (χ0n) is 14.5. The number of rotatable bonds is 8. The zero-order chi connectivity index (χ0) is 16.4. The van der Waals surface area contributed by atoms with Gasteiger partial charge >= 0.3 is 0 Å². The molecule has 4 heteroatoms. The molecule has 2 heterocycles. The summed E-state index contributed by atoms with van der Waals surface area (Å²) in [5, 5.41) is 0. The molecule has 0 N–H and O–H groups in total. The molecule has 1 aliphatic carbocycles. The molecule has 0 radical (unpaired) electrons. The van der Waals surface area contributed by atoms with Crippen molar-refractivity contribution in [1.82, 2.24) is 9.80 Å². The van der Waals surface area contributed by atoms with Crippen LogP contribution in [0.4, 0.5) is 0 Å². The van der Waals surface area contributed by atoms with Gasteiger partial charge in [-0.3, -0.25) is 14.5 Å². The van der Waals surface area contributed by atoms with Gasteiger partial charge in [-0.2, -0.15) is 0 Å². The predicted molar refractivity (Wildman–Crippen MR) is 90.7 cm³/mol. The Morgan fingerprint density at radius 2 is 1.91 bits per heavy atom. The van der Waals surface area contributed by atoms with Crippen molar-refractivity contribution in [3.8, 4) is 0 Å². The molecule has 4 nitrogen and oxygen atoms in total. The molecule has 3 aliphatic rings. The van der Waals surface area contributed by atoms with Gasteiger partial charge in [0, 0.05) is 31.6 Å². The van der Waals surface area contributed by atoms with Crippen molar-refractivity contribution in [2.75, 3.05) is 19.6 Å². The van der Waals surface area contributed by atoms with Gasteiger partial charge < -0.3 is 4.90 Å². The standard InChI is InChI=1S/C19H30N2O2/c1-3-5-9-15(7-4-2)21-18(22)16-10-6-8-14(13-20-11-12-20)17(16)19(21)23/h6,8,14-17H,3-5,7,9-13H2,1-2H3. The largest absolute Gasteiger partial charge is 0.300 e. The highest BCUT2D eigenvalue weighted by Crippen LogP contribution is 2.41. The maximum atomic E-state index is 13.1. The number of imide groups is 1. The summed E-state index contributed by atoms with van der Waals surface area (Å²) in [6, 6.07) is 0.118. The van der Waals surface area contributed by atoms with Crippen LogP contribution in [-0.2, 0) is 9.59 Å². The Kier molecular flexibility index (Phi) is 5.20. The van der Waals surface area contributed by atoms with E-state index in [1.165, 1.54) is 0 Å². The Morgan fingerprint density at radius 1 is 1.13 bits per heavy atom. The molecule has 3 rings (SSSR count). The average Bonchev–Trinajstić information content (AvgIpc) is 3.32. The molecule has 2 fully saturated rings. The predicted octanol–water partition coefficient (Wildman–Crippen LogP) is 2.84. The summed E-state index contributed by atoms with van der Waals surface area (Å²) in [7, 11) is 0. The number of hydrogen-bond acceptors (Lipinski definition) is 3. The molecule has 2 aliphatic heterocycles. The molecule has 0 bridgehead atoms. The molecule has 0 aromatic heterocycles. The average molecular weight is 318 g/mol. The number of fused-ring (bicyclic) bond motifs is 1. The van der Waals surface area contributed by atoms with Crippen LogP contribution < -0.4 is 0 Å². The van der Waals surface area contributed by atoms with E-state index in [2.05, 4.69) is 30.9 Å². The van der Waals surface area contributed by atoms with E-state index in [1.54, 1.807) is 4.90 Å². The van der Waals surface area contributed by atoms with Crippen LogP contribution in [0, 0.1) is 17.8 Å². The highest BCUT2D eigenvalue weighted by Gasteiger charge is 2.52. The fourth-order valence-corrected chi connectivity index (χ4v) is 4.28. The van der Waals surface area contributed by atoms with Gasteiger partial charge in [0.25, 0.3) is 0 Å². The molecule has 0 aromatic carbocycles. The topological polar surface area (TPSA) is 40.4 Å². The molecule has 23 heavy (non-hydrogen) atoms. The number of allylic oxidation sites excluding steroid dienone is 1. The summed E-state index contributed by atoms with van der Waals surface area (Å²) >= 11 is 0. The van der Waals surface area contributed by atoms with Gasteiger partial charge in [-0.05, 0) is 19.3 Å². The third-order valence-corrected chi connectivity index (χ3v) is 5.63. The van der Waals surface area contributed by atoms with Crippen LogP contribution in [0.1, 0.15) is 52.4 Å². The van der Waals surface area contributed by atoms with Gasteiger partial charge in [0.1, 0.15) is 0 Å². The molecule has 0 aromatic rings. The number of unbranched alkanes of at least 4 members (excludes halogenated alkanes) is 1. The van der Waals surface area contributed by atoms with Crippen LogP contribution in [0.15, 0.2) is 12.2 Å². The smallest absolute Gasteiger partial charge is 0.234 e. The molecule has 4 unspecified atom stereocenters. The van der Waals surface area contributed by atoms with E-state index in [0.717, 1.165) is 58.2 Å². The summed E-state index contributed by atoms with van der Waals surface area (Å²) in [5.74, 6) is 0.249. The van der Waals surface area contributed by atoms with Crippen molar-refractivity contribution in [1.29, 1.82) is 0 Å². The van der Waals surface area contributed by atoms with Crippen LogP contribution in [0.3, 0.4) is 0 Å². The van der Waals surface area contributed by atoms with Crippen LogP contribution in [0.5, 0.6) is 0 Å². The van der Waals surface area contributed by atoms with Crippen LogP contribution in [0.25, 0.3) is 0 Å². The normalized spacial score (nSPS) is 31.6. The summed E-state index contributed by atoms with van der Waals surface area (Å²) in [6.07, 6.45) is 10.2. The van der Waals surface area contributed by atoms with E-state index in [4.69, 9.17) is 0 Å². The van der Waals surface area contributed by atoms with Crippen molar-refractivity contribution in [2.45, 2.75) is 58.4 Å². The number of likely N-dealkylation sites (tertiary alicyclic amines) is 1. The minimum absolute atomic E-state index is 0.0987. The van der Waals surface area contributed by atoms with E-state index in [-0.39, 0.29) is 35.6 Å².